The van der Waals surface area contributed by atoms with Crippen LogP contribution < -0.4 is 29.6 Å². The predicted molar refractivity (Wildman–Crippen MR) is 49.9 cm³/mol. The van der Waals surface area contributed by atoms with Gasteiger partial charge in [0.1, 0.15) is 18.3 Å². The maximum absolute atomic E-state index is 10.8. The van der Waals surface area contributed by atoms with E-state index < -0.39 is 47.4 Å². The van der Waals surface area contributed by atoms with E-state index in [1.54, 1.807) is 0 Å². The minimum absolute atomic E-state index is 0. The standard InChI is InChI=1S/C6H12O10S.Na.H/c7-1-2(8)3(9)4(10)5(11)6(12)16-17(13,14)15;;/h2-5,7-11H,1H2,(H,13,14,15);;/q;+1;-1/t2-,3-,4+,5-;;/m1../s1. The summed E-state index contributed by atoms with van der Waals surface area (Å²) < 4.78 is 31.6. The van der Waals surface area contributed by atoms with Crippen molar-refractivity contribution in [1.29, 1.82) is 0 Å². The Kier molecular flexibility index (Phi) is 9.53. The number of rotatable bonds is 6. The SMILES string of the molecule is O=C(OS(=O)(=O)O)[C@H](O)[C@@H](O)[C@H](O)[C@H](O)CO.[H-].[Na+]. The van der Waals surface area contributed by atoms with Crippen molar-refractivity contribution >= 4 is 16.4 Å². The van der Waals surface area contributed by atoms with E-state index in [0.29, 0.717) is 0 Å². The molecule has 0 amide bonds. The van der Waals surface area contributed by atoms with Crippen LogP contribution in [0, 0.1) is 0 Å². The largest absolute Gasteiger partial charge is 1.00 e. The molecular weight excluding hydrogens is 287 g/mol. The Morgan fingerprint density at radius 2 is 1.61 bits per heavy atom. The van der Waals surface area contributed by atoms with Gasteiger partial charge in [-0.2, -0.15) is 8.42 Å². The van der Waals surface area contributed by atoms with Gasteiger partial charge in [0.2, 0.25) is 0 Å². The summed E-state index contributed by atoms with van der Waals surface area (Å²) in [5, 5.41) is 44.5. The van der Waals surface area contributed by atoms with E-state index in [0.717, 1.165) is 0 Å². The van der Waals surface area contributed by atoms with Crippen molar-refractivity contribution in [2.75, 3.05) is 6.61 Å². The van der Waals surface area contributed by atoms with E-state index in [2.05, 4.69) is 4.18 Å². The molecular formula is C6H13NaO10S. The molecule has 0 aromatic heterocycles. The van der Waals surface area contributed by atoms with Gasteiger partial charge < -0.3 is 31.1 Å². The molecule has 0 heterocycles. The molecule has 0 aromatic rings. The van der Waals surface area contributed by atoms with Crippen LogP contribution in [0.5, 0.6) is 0 Å². The number of hydrogen-bond donors (Lipinski definition) is 6. The fourth-order valence-electron chi connectivity index (χ4n) is 0.815. The Morgan fingerprint density at radius 3 is 1.94 bits per heavy atom. The van der Waals surface area contributed by atoms with E-state index in [4.69, 9.17) is 30.1 Å². The monoisotopic (exact) mass is 300 g/mol. The molecule has 0 rings (SSSR count). The van der Waals surface area contributed by atoms with Crippen molar-refractivity contribution < 1.29 is 78.5 Å². The topological polar surface area (TPSA) is 182 Å². The number of aliphatic hydroxyl groups excluding tert-OH is 5. The molecule has 0 radical (unpaired) electrons. The molecule has 0 saturated heterocycles. The normalized spacial score (nSPS) is 18.1. The van der Waals surface area contributed by atoms with Crippen LogP contribution in [0.1, 0.15) is 1.43 Å². The molecule has 0 fully saturated rings. The van der Waals surface area contributed by atoms with Crippen LogP contribution in [0.2, 0.25) is 0 Å². The molecule has 4 atom stereocenters. The molecule has 0 aliphatic rings. The minimum Gasteiger partial charge on any atom is -1.00 e. The van der Waals surface area contributed by atoms with Gasteiger partial charge in [-0.1, -0.05) is 0 Å². The van der Waals surface area contributed by atoms with Crippen LogP contribution in [0.3, 0.4) is 0 Å². The fourth-order valence-corrected chi connectivity index (χ4v) is 1.12. The predicted octanol–water partition coefficient (Wildman–Crippen LogP) is -7.12. The first-order valence-corrected chi connectivity index (χ1v) is 5.50. The first kappa shape index (κ1) is 20.5. The molecule has 12 heteroatoms. The second-order valence-corrected chi connectivity index (χ2v) is 4.03. The summed E-state index contributed by atoms with van der Waals surface area (Å²) in [7, 11) is -5.17. The van der Waals surface area contributed by atoms with Crippen LogP contribution in [-0.2, 0) is 19.4 Å². The molecule has 10 nitrogen and oxygen atoms in total. The number of carbonyl (C=O) groups is 1. The third kappa shape index (κ3) is 6.94. The van der Waals surface area contributed by atoms with Crippen molar-refractivity contribution in [3.8, 4) is 0 Å². The van der Waals surface area contributed by atoms with Gasteiger partial charge >= 0.3 is 45.9 Å². The van der Waals surface area contributed by atoms with Gasteiger partial charge in [0.05, 0.1) is 6.61 Å². The Balaban J connectivity index is -0.00000128. The van der Waals surface area contributed by atoms with Crippen molar-refractivity contribution in [1.82, 2.24) is 0 Å². The maximum atomic E-state index is 10.8. The summed E-state index contributed by atoms with van der Waals surface area (Å²) in [5.74, 6) is -1.95. The van der Waals surface area contributed by atoms with Crippen LogP contribution in [0.15, 0.2) is 0 Å². The van der Waals surface area contributed by atoms with E-state index in [-0.39, 0.29) is 31.0 Å². The first-order valence-electron chi connectivity index (χ1n) is 4.14. The average Bonchev–Trinajstić information content (AvgIpc) is 2.22. The molecule has 6 N–H and O–H groups in total. The van der Waals surface area contributed by atoms with E-state index in [9.17, 15) is 13.2 Å². The van der Waals surface area contributed by atoms with E-state index in [1.165, 1.54) is 0 Å². The molecule has 18 heavy (non-hydrogen) atoms. The molecule has 0 aromatic carbocycles. The molecule has 0 aliphatic heterocycles. The van der Waals surface area contributed by atoms with Gasteiger partial charge in [0.25, 0.3) is 0 Å². The summed E-state index contributed by atoms with van der Waals surface area (Å²) in [6.45, 7) is -0.974. The smallest absolute Gasteiger partial charge is 1.00 e. The molecule has 0 bridgehead atoms. The Bertz CT molecular complexity index is 361. The fraction of sp³-hybridized carbons (Fsp3) is 0.833. The number of aliphatic hydroxyl groups is 5. The quantitative estimate of drug-likeness (QED) is 0.203. The van der Waals surface area contributed by atoms with E-state index >= 15 is 0 Å². The molecule has 0 unspecified atom stereocenters. The second kappa shape index (κ2) is 8.37. The third-order valence-electron chi connectivity index (χ3n) is 1.68. The van der Waals surface area contributed by atoms with Crippen LogP contribution >= 0.6 is 0 Å². The van der Waals surface area contributed by atoms with Crippen LogP contribution in [0.4, 0.5) is 0 Å². The zero-order valence-electron chi connectivity index (χ0n) is 10.2. The Hall–Kier alpha value is 0.180. The van der Waals surface area contributed by atoms with Crippen molar-refractivity contribution in [3.05, 3.63) is 0 Å². The van der Waals surface area contributed by atoms with Gasteiger partial charge in [0, 0.05) is 0 Å². The molecule has 0 spiro atoms. The van der Waals surface area contributed by atoms with Crippen molar-refractivity contribution in [3.63, 3.8) is 0 Å². The Morgan fingerprint density at radius 1 is 1.17 bits per heavy atom. The molecule has 0 saturated carbocycles. The average molecular weight is 300 g/mol. The third-order valence-corrected chi connectivity index (χ3v) is 2.06. The van der Waals surface area contributed by atoms with Crippen molar-refractivity contribution in [2.45, 2.75) is 24.4 Å². The van der Waals surface area contributed by atoms with Gasteiger partial charge in [-0.3, -0.25) is 4.55 Å². The van der Waals surface area contributed by atoms with Crippen LogP contribution in [0.25, 0.3) is 0 Å². The van der Waals surface area contributed by atoms with E-state index in [1.807, 2.05) is 0 Å². The summed E-state index contributed by atoms with van der Waals surface area (Å²) in [5.41, 5.74) is 0. The summed E-state index contributed by atoms with van der Waals surface area (Å²) in [6.07, 6.45) is -8.83. The maximum Gasteiger partial charge on any atom is 1.00 e. The minimum atomic E-state index is -5.17. The zero-order chi connectivity index (χ0) is 13.8. The summed E-state index contributed by atoms with van der Waals surface area (Å²) in [6, 6.07) is 0. The number of carbonyl (C=O) groups excluding carboxylic acids is 1. The van der Waals surface area contributed by atoms with Gasteiger partial charge in [-0.05, 0) is 0 Å². The summed E-state index contributed by atoms with van der Waals surface area (Å²) >= 11 is 0. The van der Waals surface area contributed by atoms with Crippen molar-refractivity contribution in [2.24, 2.45) is 0 Å². The molecule has 0 aliphatic carbocycles. The first-order chi connectivity index (χ1) is 7.60. The number of hydrogen-bond acceptors (Lipinski definition) is 9. The Labute approximate surface area is 126 Å². The van der Waals surface area contributed by atoms with Gasteiger partial charge in [-0.25, -0.2) is 4.79 Å². The van der Waals surface area contributed by atoms with Gasteiger partial charge in [0.15, 0.2) is 6.10 Å². The zero-order valence-corrected chi connectivity index (χ0v) is 12.1. The van der Waals surface area contributed by atoms with Gasteiger partial charge in [-0.15, -0.1) is 0 Å². The second-order valence-electron chi connectivity index (χ2n) is 3.01. The summed E-state index contributed by atoms with van der Waals surface area (Å²) in [4.78, 5) is 10.8. The molecule has 104 valence electrons. The van der Waals surface area contributed by atoms with Crippen LogP contribution in [-0.4, -0.2) is 75.5 Å².